The quantitative estimate of drug-likeness (QED) is 0.514. The van der Waals surface area contributed by atoms with Gasteiger partial charge in [-0.2, -0.15) is 0 Å². The standard InChI is InChI=1S/C20H39N5O2/c1-16(2)18(24-11-13-27-14-12-24)15-23-20(21-4)22-9-8-19(26)25-10-6-5-7-17(25)3/h16-18H,5-15H2,1-4H3,(H2,21,22,23). The van der Waals surface area contributed by atoms with E-state index in [0.717, 1.165) is 58.2 Å². The number of morpholine rings is 1. The van der Waals surface area contributed by atoms with Crippen LogP contribution in [0.25, 0.3) is 0 Å². The summed E-state index contributed by atoms with van der Waals surface area (Å²) in [6, 6.07) is 0.826. The number of likely N-dealkylation sites (tertiary alicyclic amines) is 1. The molecule has 0 spiro atoms. The highest BCUT2D eigenvalue weighted by Crippen LogP contribution is 2.17. The van der Waals surface area contributed by atoms with Crippen molar-refractivity contribution in [3.05, 3.63) is 0 Å². The molecule has 2 unspecified atom stereocenters. The zero-order chi connectivity index (χ0) is 19.6. The molecule has 2 fully saturated rings. The van der Waals surface area contributed by atoms with Gasteiger partial charge in [0.05, 0.1) is 13.2 Å². The lowest BCUT2D eigenvalue weighted by atomic mass is 10.0. The first kappa shape index (κ1) is 22.0. The average Bonchev–Trinajstić information content (AvgIpc) is 2.67. The molecular formula is C20H39N5O2. The molecule has 0 radical (unpaired) electrons. The van der Waals surface area contributed by atoms with Crippen LogP contribution in [0, 0.1) is 5.92 Å². The van der Waals surface area contributed by atoms with Crippen molar-refractivity contribution in [2.45, 2.75) is 58.5 Å². The Kier molecular flexibility index (Phi) is 9.34. The minimum atomic E-state index is 0.249. The summed E-state index contributed by atoms with van der Waals surface area (Å²) in [5.41, 5.74) is 0. The highest BCUT2D eigenvalue weighted by atomic mass is 16.5. The van der Waals surface area contributed by atoms with Gasteiger partial charge in [0.25, 0.3) is 0 Å². The van der Waals surface area contributed by atoms with Gasteiger partial charge < -0.3 is 20.3 Å². The first-order valence-electron chi connectivity index (χ1n) is 10.6. The average molecular weight is 382 g/mol. The molecule has 0 aromatic rings. The van der Waals surface area contributed by atoms with Crippen molar-refractivity contribution in [1.29, 1.82) is 0 Å². The molecule has 2 rings (SSSR count). The van der Waals surface area contributed by atoms with Gasteiger partial charge in [-0.05, 0) is 32.1 Å². The third-order valence-corrected chi connectivity index (χ3v) is 5.74. The number of piperidine rings is 1. The summed E-state index contributed by atoms with van der Waals surface area (Å²) in [4.78, 5) is 21.3. The summed E-state index contributed by atoms with van der Waals surface area (Å²) in [6.45, 7) is 12.6. The molecule has 2 saturated heterocycles. The lowest BCUT2D eigenvalue weighted by Crippen LogP contribution is -2.52. The van der Waals surface area contributed by atoms with Crippen molar-refractivity contribution in [1.82, 2.24) is 20.4 Å². The highest BCUT2D eigenvalue weighted by molar-refractivity contribution is 5.81. The number of carbonyl (C=O) groups is 1. The van der Waals surface area contributed by atoms with Crippen LogP contribution < -0.4 is 10.6 Å². The summed E-state index contributed by atoms with van der Waals surface area (Å²) in [6.07, 6.45) is 4.01. The van der Waals surface area contributed by atoms with E-state index in [4.69, 9.17) is 4.74 Å². The van der Waals surface area contributed by atoms with Gasteiger partial charge in [0.2, 0.25) is 5.91 Å². The van der Waals surface area contributed by atoms with E-state index in [1.54, 1.807) is 7.05 Å². The second-order valence-electron chi connectivity index (χ2n) is 8.02. The molecule has 0 aliphatic carbocycles. The van der Waals surface area contributed by atoms with Crippen molar-refractivity contribution >= 4 is 11.9 Å². The number of nitrogens with one attached hydrogen (secondary N) is 2. The first-order valence-corrected chi connectivity index (χ1v) is 10.6. The Morgan fingerprint density at radius 2 is 1.93 bits per heavy atom. The molecule has 0 aromatic carbocycles. The Bertz CT molecular complexity index is 477. The van der Waals surface area contributed by atoms with E-state index in [1.165, 1.54) is 6.42 Å². The summed E-state index contributed by atoms with van der Waals surface area (Å²) >= 11 is 0. The normalized spacial score (nSPS) is 23.4. The number of rotatable bonds is 7. The van der Waals surface area contributed by atoms with Crippen LogP contribution in [0.4, 0.5) is 0 Å². The van der Waals surface area contributed by atoms with Crippen LogP contribution in [0.3, 0.4) is 0 Å². The van der Waals surface area contributed by atoms with Gasteiger partial charge in [-0.15, -0.1) is 0 Å². The molecule has 2 aliphatic heterocycles. The minimum Gasteiger partial charge on any atom is -0.379 e. The lowest BCUT2D eigenvalue weighted by Gasteiger charge is -2.37. The molecule has 7 nitrogen and oxygen atoms in total. The van der Waals surface area contributed by atoms with Crippen LogP contribution in [-0.4, -0.2) is 86.7 Å². The van der Waals surface area contributed by atoms with Crippen molar-refractivity contribution in [3.8, 4) is 0 Å². The highest BCUT2D eigenvalue weighted by Gasteiger charge is 2.24. The molecule has 156 valence electrons. The second kappa shape index (κ2) is 11.5. The van der Waals surface area contributed by atoms with E-state index in [-0.39, 0.29) is 5.91 Å². The number of nitrogens with zero attached hydrogens (tertiary/aromatic N) is 3. The van der Waals surface area contributed by atoms with Crippen molar-refractivity contribution in [3.63, 3.8) is 0 Å². The van der Waals surface area contributed by atoms with Gasteiger partial charge in [-0.1, -0.05) is 13.8 Å². The summed E-state index contributed by atoms with van der Waals surface area (Å²) in [5.74, 6) is 1.57. The molecule has 7 heteroatoms. The molecule has 27 heavy (non-hydrogen) atoms. The third-order valence-electron chi connectivity index (χ3n) is 5.74. The molecule has 2 N–H and O–H groups in total. The zero-order valence-electron chi connectivity index (χ0n) is 17.7. The molecule has 1 amide bonds. The molecular weight excluding hydrogens is 342 g/mol. The second-order valence-corrected chi connectivity index (χ2v) is 8.02. The fraction of sp³-hybridized carbons (Fsp3) is 0.900. The fourth-order valence-electron chi connectivity index (χ4n) is 4.02. The van der Waals surface area contributed by atoms with Crippen molar-refractivity contribution in [2.24, 2.45) is 10.9 Å². The van der Waals surface area contributed by atoms with Crippen LogP contribution in [0.5, 0.6) is 0 Å². The predicted octanol–water partition coefficient (Wildman–Crippen LogP) is 1.30. The summed E-state index contributed by atoms with van der Waals surface area (Å²) in [7, 11) is 1.78. The number of ether oxygens (including phenoxy) is 1. The number of amides is 1. The molecule has 2 aliphatic rings. The number of hydrogen-bond acceptors (Lipinski definition) is 4. The SMILES string of the molecule is CN=C(NCCC(=O)N1CCCCC1C)NCC(C(C)C)N1CCOCC1. The summed E-state index contributed by atoms with van der Waals surface area (Å²) in [5, 5.41) is 6.74. The van der Waals surface area contributed by atoms with Gasteiger partial charge >= 0.3 is 0 Å². The first-order chi connectivity index (χ1) is 13.0. The van der Waals surface area contributed by atoms with E-state index in [1.807, 2.05) is 4.90 Å². The Balaban J connectivity index is 1.73. The van der Waals surface area contributed by atoms with Gasteiger partial charge in [-0.25, -0.2) is 0 Å². The molecule has 2 heterocycles. The Morgan fingerprint density at radius 3 is 2.56 bits per heavy atom. The third kappa shape index (κ3) is 6.96. The van der Waals surface area contributed by atoms with Gasteiger partial charge in [-0.3, -0.25) is 14.7 Å². The van der Waals surface area contributed by atoms with E-state index in [9.17, 15) is 4.79 Å². The van der Waals surface area contributed by atoms with Crippen LogP contribution in [0.1, 0.15) is 46.5 Å². The van der Waals surface area contributed by atoms with E-state index >= 15 is 0 Å². The smallest absolute Gasteiger partial charge is 0.224 e. The Labute approximate surface area is 164 Å². The number of aliphatic imine (C=N–C) groups is 1. The number of guanidine groups is 1. The van der Waals surface area contributed by atoms with Gasteiger partial charge in [0, 0.05) is 58.3 Å². The monoisotopic (exact) mass is 381 g/mol. The van der Waals surface area contributed by atoms with Crippen molar-refractivity contribution < 1.29 is 9.53 Å². The van der Waals surface area contributed by atoms with Gasteiger partial charge in [0.1, 0.15) is 0 Å². The maximum atomic E-state index is 12.4. The van der Waals surface area contributed by atoms with E-state index in [2.05, 4.69) is 41.3 Å². The molecule has 2 atom stereocenters. The van der Waals surface area contributed by atoms with Crippen LogP contribution in [0.2, 0.25) is 0 Å². The Morgan fingerprint density at radius 1 is 1.19 bits per heavy atom. The zero-order valence-corrected chi connectivity index (χ0v) is 17.7. The Hall–Kier alpha value is -1.34. The fourth-order valence-corrected chi connectivity index (χ4v) is 4.02. The van der Waals surface area contributed by atoms with E-state index < -0.39 is 0 Å². The van der Waals surface area contributed by atoms with Crippen LogP contribution in [0.15, 0.2) is 4.99 Å². The number of hydrogen-bond donors (Lipinski definition) is 2. The molecule has 0 bridgehead atoms. The largest absolute Gasteiger partial charge is 0.379 e. The van der Waals surface area contributed by atoms with Gasteiger partial charge in [0.15, 0.2) is 5.96 Å². The predicted molar refractivity (Wildman–Crippen MR) is 110 cm³/mol. The molecule has 0 aromatic heterocycles. The lowest BCUT2D eigenvalue weighted by molar-refractivity contribution is -0.134. The maximum Gasteiger partial charge on any atom is 0.224 e. The maximum absolute atomic E-state index is 12.4. The molecule has 0 saturated carbocycles. The van der Waals surface area contributed by atoms with E-state index in [0.29, 0.717) is 31.0 Å². The topological polar surface area (TPSA) is 69.2 Å². The number of carbonyl (C=O) groups excluding carboxylic acids is 1. The van der Waals surface area contributed by atoms with Crippen molar-refractivity contribution in [2.75, 3.05) is 53.0 Å². The van der Waals surface area contributed by atoms with Crippen LogP contribution >= 0.6 is 0 Å². The van der Waals surface area contributed by atoms with Crippen LogP contribution in [-0.2, 0) is 9.53 Å². The minimum absolute atomic E-state index is 0.249. The summed E-state index contributed by atoms with van der Waals surface area (Å²) < 4.78 is 5.48.